The fraction of sp³-hybridized carbons (Fsp3) is 0.929. The fourth-order valence-corrected chi connectivity index (χ4v) is 2.59. The van der Waals surface area contributed by atoms with Gasteiger partial charge in [0.05, 0.1) is 0 Å². The van der Waals surface area contributed by atoms with Crippen molar-refractivity contribution in [3.63, 3.8) is 0 Å². The zero-order chi connectivity index (χ0) is 13.4. The Morgan fingerprint density at radius 3 is 2.44 bits per heavy atom. The van der Waals surface area contributed by atoms with Crippen molar-refractivity contribution in [3.8, 4) is 0 Å². The molecule has 1 rings (SSSR count). The Balaban J connectivity index is 2.30. The lowest BCUT2D eigenvalue weighted by Gasteiger charge is -2.34. The van der Waals surface area contributed by atoms with E-state index in [2.05, 4.69) is 17.1 Å². The maximum atomic E-state index is 11.6. The SMILES string of the molecule is CCCN(CCCC(=O)N(C)C)C1CCNCC1. The van der Waals surface area contributed by atoms with E-state index >= 15 is 0 Å². The van der Waals surface area contributed by atoms with E-state index in [0.717, 1.165) is 32.1 Å². The van der Waals surface area contributed by atoms with Gasteiger partial charge in [-0.2, -0.15) is 0 Å². The Labute approximate surface area is 112 Å². The summed E-state index contributed by atoms with van der Waals surface area (Å²) in [5.41, 5.74) is 0. The standard InChI is InChI=1S/C14H29N3O/c1-4-11-17(13-7-9-15-10-8-13)12-5-6-14(18)16(2)3/h13,15H,4-12H2,1-3H3. The number of carbonyl (C=O) groups excluding carboxylic acids is 1. The Morgan fingerprint density at radius 2 is 1.89 bits per heavy atom. The van der Waals surface area contributed by atoms with Crippen LogP contribution in [-0.4, -0.2) is 62.0 Å². The molecule has 0 radical (unpaired) electrons. The molecule has 0 saturated carbocycles. The van der Waals surface area contributed by atoms with Gasteiger partial charge in [0, 0.05) is 26.6 Å². The summed E-state index contributed by atoms with van der Waals surface area (Å²) in [4.78, 5) is 15.8. The largest absolute Gasteiger partial charge is 0.349 e. The van der Waals surface area contributed by atoms with Crippen LogP contribution in [0.15, 0.2) is 0 Å². The number of nitrogens with one attached hydrogen (secondary N) is 1. The van der Waals surface area contributed by atoms with Crippen molar-refractivity contribution in [3.05, 3.63) is 0 Å². The number of piperidine rings is 1. The van der Waals surface area contributed by atoms with Crippen LogP contribution in [0.4, 0.5) is 0 Å². The molecule has 4 heteroatoms. The second kappa shape index (κ2) is 8.48. The quantitative estimate of drug-likeness (QED) is 0.745. The lowest BCUT2D eigenvalue weighted by molar-refractivity contribution is -0.128. The predicted octanol–water partition coefficient (Wildman–Crippen LogP) is 1.32. The Kier molecular flexibility index (Phi) is 7.28. The van der Waals surface area contributed by atoms with E-state index in [-0.39, 0.29) is 5.91 Å². The van der Waals surface area contributed by atoms with Crippen LogP contribution in [0.3, 0.4) is 0 Å². The third-order valence-electron chi connectivity index (χ3n) is 3.67. The summed E-state index contributed by atoms with van der Waals surface area (Å²) in [5.74, 6) is 0.247. The molecule has 0 unspecified atom stereocenters. The molecule has 0 bridgehead atoms. The maximum absolute atomic E-state index is 11.6. The van der Waals surface area contributed by atoms with Crippen LogP contribution in [0, 0.1) is 0 Å². The van der Waals surface area contributed by atoms with Crippen molar-refractivity contribution < 1.29 is 4.79 Å². The van der Waals surface area contributed by atoms with E-state index in [9.17, 15) is 4.79 Å². The third-order valence-corrected chi connectivity index (χ3v) is 3.67. The number of amides is 1. The van der Waals surface area contributed by atoms with Crippen molar-refractivity contribution in [2.75, 3.05) is 40.3 Å². The van der Waals surface area contributed by atoms with Gasteiger partial charge >= 0.3 is 0 Å². The Bertz CT molecular complexity index is 237. The molecule has 0 aromatic heterocycles. The van der Waals surface area contributed by atoms with Gasteiger partial charge in [-0.25, -0.2) is 0 Å². The van der Waals surface area contributed by atoms with E-state index in [0.29, 0.717) is 6.42 Å². The molecule has 0 aliphatic carbocycles. The van der Waals surface area contributed by atoms with Crippen molar-refractivity contribution in [2.45, 2.75) is 45.1 Å². The number of rotatable bonds is 7. The number of hydrogen-bond acceptors (Lipinski definition) is 3. The van der Waals surface area contributed by atoms with E-state index in [4.69, 9.17) is 0 Å². The zero-order valence-electron chi connectivity index (χ0n) is 12.2. The highest BCUT2D eigenvalue weighted by Gasteiger charge is 2.20. The molecule has 1 amide bonds. The predicted molar refractivity (Wildman–Crippen MR) is 75.7 cm³/mol. The van der Waals surface area contributed by atoms with Crippen molar-refractivity contribution in [2.24, 2.45) is 0 Å². The van der Waals surface area contributed by atoms with E-state index in [1.54, 1.807) is 4.90 Å². The smallest absolute Gasteiger partial charge is 0.222 e. The lowest BCUT2D eigenvalue weighted by atomic mass is 10.0. The van der Waals surface area contributed by atoms with Crippen LogP contribution in [0.2, 0.25) is 0 Å². The topological polar surface area (TPSA) is 35.6 Å². The molecule has 18 heavy (non-hydrogen) atoms. The molecule has 0 spiro atoms. The molecule has 106 valence electrons. The van der Waals surface area contributed by atoms with Crippen LogP contribution in [0.1, 0.15) is 39.0 Å². The van der Waals surface area contributed by atoms with Gasteiger partial charge in [-0.3, -0.25) is 4.79 Å². The van der Waals surface area contributed by atoms with Gasteiger partial charge in [0.2, 0.25) is 5.91 Å². The maximum Gasteiger partial charge on any atom is 0.222 e. The first kappa shape index (κ1) is 15.4. The van der Waals surface area contributed by atoms with Gasteiger partial charge in [-0.15, -0.1) is 0 Å². The van der Waals surface area contributed by atoms with Crippen LogP contribution in [-0.2, 0) is 4.79 Å². The first-order chi connectivity index (χ1) is 8.65. The third kappa shape index (κ3) is 5.36. The highest BCUT2D eigenvalue weighted by atomic mass is 16.2. The van der Waals surface area contributed by atoms with E-state index < -0.39 is 0 Å². The summed E-state index contributed by atoms with van der Waals surface area (Å²) in [5, 5.41) is 3.41. The monoisotopic (exact) mass is 255 g/mol. The van der Waals surface area contributed by atoms with Gasteiger partial charge < -0.3 is 15.1 Å². The highest BCUT2D eigenvalue weighted by molar-refractivity contribution is 5.75. The Morgan fingerprint density at radius 1 is 1.22 bits per heavy atom. The first-order valence-electron chi connectivity index (χ1n) is 7.30. The Hall–Kier alpha value is -0.610. The number of hydrogen-bond donors (Lipinski definition) is 1. The lowest BCUT2D eigenvalue weighted by Crippen LogP contribution is -2.44. The molecule has 0 aromatic rings. The van der Waals surface area contributed by atoms with Gasteiger partial charge in [-0.05, 0) is 51.9 Å². The van der Waals surface area contributed by atoms with Crippen LogP contribution in [0.25, 0.3) is 0 Å². The van der Waals surface area contributed by atoms with Gasteiger partial charge in [0.25, 0.3) is 0 Å². The summed E-state index contributed by atoms with van der Waals surface area (Å²) in [6, 6.07) is 0.723. The average Bonchev–Trinajstić information content (AvgIpc) is 2.38. The molecule has 1 heterocycles. The molecule has 1 fully saturated rings. The highest BCUT2D eigenvalue weighted by Crippen LogP contribution is 2.13. The molecular weight excluding hydrogens is 226 g/mol. The second-order valence-corrected chi connectivity index (χ2v) is 5.41. The minimum Gasteiger partial charge on any atom is -0.349 e. The summed E-state index contributed by atoms with van der Waals surface area (Å²) in [6.45, 7) is 6.75. The molecule has 0 atom stereocenters. The molecule has 1 saturated heterocycles. The molecule has 1 N–H and O–H groups in total. The van der Waals surface area contributed by atoms with Crippen LogP contribution < -0.4 is 5.32 Å². The molecular formula is C14H29N3O. The van der Waals surface area contributed by atoms with Gasteiger partial charge in [0.1, 0.15) is 0 Å². The summed E-state index contributed by atoms with van der Waals surface area (Å²) < 4.78 is 0. The molecule has 0 aromatic carbocycles. The second-order valence-electron chi connectivity index (χ2n) is 5.41. The van der Waals surface area contributed by atoms with Crippen molar-refractivity contribution >= 4 is 5.91 Å². The van der Waals surface area contributed by atoms with E-state index in [1.807, 2.05) is 14.1 Å². The summed E-state index contributed by atoms with van der Waals surface area (Å²) in [6.07, 6.45) is 5.37. The summed E-state index contributed by atoms with van der Waals surface area (Å²) >= 11 is 0. The number of carbonyl (C=O) groups is 1. The normalized spacial score (nSPS) is 17.1. The van der Waals surface area contributed by atoms with Crippen LogP contribution in [0.5, 0.6) is 0 Å². The van der Waals surface area contributed by atoms with Crippen molar-refractivity contribution in [1.29, 1.82) is 0 Å². The minimum atomic E-state index is 0.247. The van der Waals surface area contributed by atoms with Crippen molar-refractivity contribution in [1.82, 2.24) is 15.1 Å². The minimum absolute atomic E-state index is 0.247. The zero-order valence-corrected chi connectivity index (χ0v) is 12.2. The van der Waals surface area contributed by atoms with Gasteiger partial charge in [0.15, 0.2) is 0 Å². The first-order valence-corrected chi connectivity index (χ1v) is 7.30. The average molecular weight is 255 g/mol. The number of nitrogens with zero attached hydrogens (tertiary/aromatic N) is 2. The molecule has 1 aliphatic rings. The van der Waals surface area contributed by atoms with E-state index in [1.165, 1.54) is 25.8 Å². The molecule has 1 aliphatic heterocycles. The summed E-state index contributed by atoms with van der Waals surface area (Å²) in [7, 11) is 3.66. The van der Waals surface area contributed by atoms with Gasteiger partial charge in [-0.1, -0.05) is 6.92 Å². The fourth-order valence-electron chi connectivity index (χ4n) is 2.59. The van der Waals surface area contributed by atoms with Crippen LogP contribution >= 0.6 is 0 Å². The molecule has 4 nitrogen and oxygen atoms in total.